The molecule has 22 heavy (non-hydrogen) atoms. The van der Waals surface area contributed by atoms with Crippen LogP contribution in [0, 0.1) is 28.6 Å². The normalized spacial score (nSPS) is 51.4. The number of fused-ring (bicyclic) bond motifs is 5. The van der Waals surface area contributed by atoms with Crippen LogP contribution >= 0.6 is 11.6 Å². The van der Waals surface area contributed by atoms with Crippen LogP contribution in [0.1, 0.15) is 65.2 Å². The van der Waals surface area contributed by atoms with Gasteiger partial charge in [0.05, 0.1) is 11.1 Å². The summed E-state index contributed by atoms with van der Waals surface area (Å²) in [5, 5.41) is 11.0. The molecule has 3 fully saturated rings. The molecule has 3 heteroatoms. The number of hydrogen-bond acceptors (Lipinski definition) is 2. The number of carbonyl (C=O) groups excluding carboxylic acids is 1. The van der Waals surface area contributed by atoms with Crippen molar-refractivity contribution < 1.29 is 9.90 Å². The third kappa shape index (κ3) is 1.80. The number of ketones is 1. The fraction of sp³-hybridized carbons (Fsp3) is 0.842. The second-order valence-electron chi connectivity index (χ2n) is 8.69. The van der Waals surface area contributed by atoms with E-state index in [2.05, 4.69) is 13.8 Å². The van der Waals surface area contributed by atoms with Crippen molar-refractivity contribution in [3.8, 4) is 0 Å². The van der Waals surface area contributed by atoms with Gasteiger partial charge in [-0.2, -0.15) is 0 Å². The van der Waals surface area contributed by atoms with Gasteiger partial charge in [-0.1, -0.05) is 25.4 Å². The fourth-order valence-corrected chi connectivity index (χ4v) is 7.03. The lowest BCUT2D eigenvalue weighted by Crippen LogP contribution is -2.51. The fourth-order valence-electron chi connectivity index (χ4n) is 6.62. The summed E-state index contributed by atoms with van der Waals surface area (Å²) in [5.74, 6) is 2.18. The topological polar surface area (TPSA) is 37.3 Å². The number of hydrogen-bond donors (Lipinski definition) is 1. The molecule has 0 aromatic heterocycles. The molecule has 4 aliphatic rings. The minimum atomic E-state index is -0.111. The number of allylic oxidation sites excluding steroid dienone is 1. The first-order valence-electron chi connectivity index (χ1n) is 8.98. The SMILES string of the molecule is C[C@]12CC[C@H]3[C@@H](CCC4=C(Cl)C(=O)CC[C@@]43C)[C@@H]1CC[C@H]2O. The molecule has 0 saturated heterocycles. The Hall–Kier alpha value is -0.340. The van der Waals surface area contributed by atoms with Crippen molar-refractivity contribution in [3.63, 3.8) is 0 Å². The zero-order valence-corrected chi connectivity index (χ0v) is 14.5. The lowest BCUT2D eigenvalue weighted by atomic mass is 9.47. The monoisotopic (exact) mass is 322 g/mol. The third-order valence-electron chi connectivity index (χ3n) is 8.00. The maximum absolute atomic E-state index is 12.0. The molecule has 0 aliphatic heterocycles. The van der Waals surface area contributed by atoms with E-state index in [0.717, 1.165) is 32.1 Å². The van der Waals surface area contributed by atoms with Crippen LogP contribution in [-0.2, 0) is 4.79 Å². The number of halogens is 1. The number of aliphatic hydroxyl groups is 1. The van der Waals surface area contributed by atoms with E-state index >= 15 is 0 Å². The van der Waals surface area contributed by atoms with E-state index in [1.807, 2.05) is 0 Å². The Labute approximate surface area is 138 Å². The highest BCUT2D eigenvalue weighted by atomic mass is 35.5. The Morgan fingerprint density at radius 2 is 1.82 bits per heavy atom. The van der Waals surface area contributed by atoms with Crippen molar-refractivity contribution in [3.05, 3.63) is 10.6 Å². The molecule has 0 spiro atoms. The van der Waals surface area contributed by atoms with E-state index in [-0.39, 0.29) is 22.7 Å². The van der Waals surface area contributed by atoms with Crippen LogP contribution in [0.2, 0.25) is 0 Å². The van der Waals surface area contributed by atoms with Gasteiger partial charge in [0.15, 0.2) is 5.78 Å². The standard InChI is InChI=1S/C19H27ClO2/c1-18-10-8-15(21)17(20)14(18)4-3-11-12-5-6-16(22)19(12,2)9-7-13(11)18/h11-13,16,22H,3-10H2,1-2H3/t11-,12-,13-,16+,18+,19-/m0/s1. The maximum Gasteiger partial charge on any atom is 0.174 e. The lowest BCUT2D eigenvalue weighted by molar-refractivity contribution is -0.118. The highest BCUT2D eigenvalue weighted by molar-refractivity contribution is 6.43. The Bertz CT molecular complexity index is 554. The molecule has 4 aliphatic carbocycles. The molecule has 0 aromatic rings. The molecule has 0 amide bonds. The van der Waals surface area contributed by atoms with Crippen molar-refractivity contribution in [1.82, 2.24) is 0 Å². The summed E-state index contributed by atoms with van der Waals surface area (Å²) in [6.07, 6.45) is 8.11. The highest BCUT2D eigenvalue weighted by Crippen LogP contribution is 2.65. The summed E-state index contributed by atoms with van der Waals surface area (Å²) in [7, 11) is 0. The second-order valence-corrected chi connectivity index (χ2v) is 9.06. The first-order chi connectivity index (χ1) is 10.4. The maximum atomic E-state index is 12.0. The summed E-state index contributed by atoms with van der Waals surface area (Å²) in [4.78, 5) is 12.0. The van der Waals surface area contributed by atoms with Gasteiger partial charge in [0.1, 0.15) is 0 Å². The van der Waals surface area contributed by atoms with E-state index < -0.39 is 0 Å². The Balaban J connectivity index is 1.72. The lowest BCUT2D eigenvalue weighted by Gasteiger charge is -2.57. The largest absolute Gasteiger partial charge is 0.393 e. The summed E-state index contributed by atoms with van der Waals surface area (Å²) in [6, 6.07) is 0. The molecule has 6 atom stereocenters. The molecule has 0 bridgehead atoms. The third-order valence-corrected chi connectivity index (χ3v) is 8.44. The molecular weight excluding hydrogens is 296 g/mol. The molecule has 122 valence electrons. The Morgan fingerprint density at radius 1 is 1.05 bits per heavy atom. The molecule has 0 heterocycles. The molecule has 3 saturated carbocycles. The molecular formula is C19H27ClO2. The van der Waals surface area contributed by atoms with Crippen molar-refractivity contribution in [2.24, 2.45) is 28.6 Å². The highest BCUT2D eigenvalue weighted by Gasteiger charge is 2.59. The number of Topliss-reactive ketones (excluding diaryl/α,β-unsaturated/α-hetero) is 1. The van der Waals surface area contributed by atoms with Gasteiger partial charge in [0.25, 0.3) is 0 Å². The molecule has 0 radical (unpaired) electrons. The smallest absolute Gasteiger partial charge is 0.174 e. The van der Waals surface area contributed by atoms with Crippen molar-refractivity contribution in [2.75, 3.05) is 0 Å². The van der Waals surface area contributed by atoms with Crippen LogP contribution in [0.25, 0.3) is 0 Å². The quantitative estimate of drug-likeness (QED) is 0.715. The molecule has 1 N–H and O–H groups in total. The van der Waals surface area contributed by atoms with Crippen LogP contribution in [0.3, 0.4) is 0 Å². The van der Waals surface area contributed by atoms with Gasteiger partial charge >= 0.3 is 0 Å². The molecule has 2 nitrogen and oxygen atoms in total. The molecule has 0 aromatic carbocycles. The molecule has 0 unspecified atom stereocenters. The van der Waals surface area contributed by atoms with Gasteiger partial charge in [-0.3, -0.25) is 4.79 Å². The number of carbonyl (C=O) groups is 1. The van der Waals surface area contributed by atoms with Gasteiger partial charge in [0.2, 0.25) is 0 Å². The minimum absolute atomic E-state index is 0.111. The predicted molar refractivity (Wildman–Crippen MR) is 87.5 cm³/mol. The molecule has 4 rings (SSSR count). The first kappa shape index (κ1) is 15.2. The van der Waals surface area contributed by atoms with Crippen LogP contribution in [0.15, 0.2) is 10.6 Å². The van der Waals surface area contributed by atoms with E-state index in [0.29, 0.717) is 29.2 Å². The minimum Gasteiger partial charge on any atom is -0.393 e. The number of aliphatic hydroxyl groups excluding tert-OH is 1. The van der Waals surface area contributed by atoms with Crippen molar-refractivity contribution in [2.45, 2.75) is 71.3 Å². The summed E-state index contributed by atoms with van der Waals surface area (Å²) < 4.78 is 0. The van der Waals surface area contributed by atoms with Crippen LogP contribution in [0.5, 0.6) is 0 Å². The Morgan fingerprint density at radius 3 is 2.59 bits per heavy atom. The van der Waals surface area contributed by atoms with Crippen molar-refractivity contribution >= 4 is 17.4 Å². The van der Waals surface area contributed by atoms with E-state index in [1.54, 1.807) is 0 Å². The van der Waals surface area contributed by atoms with Gasteiger partial charge < -0.3 is 5.11 Å². The second kappa shape index (κ2) is 4.83. The summed E-state index contributed by atoms with van der Waals surface area (Å²) >= 11 is 6.41. The predicted octanol–water partition coefficient (Wildman–Crippen LogP) is 4.45. The zero-order chi connectivity index (χ0) is 15.7. The van der Waals surface area contributed by atoms with Crippen LogP contribution < -0.4 is 0 Å². The van der Waals surface area contributed by atoms with Crippen LogP contribution in [0.4, 0.5) is 0 Å². The van der Waals surface area contributed by atoms with Gasteiger partial charge in [-0.15, -0.1) is 0 Å². The zero-order valence-electron chi connectivity index (χ0n) is 13.7. The first-order valence-corrected chi connectivity index (χ1v) is 9.36. The Kier molecular flexibility index (Phi) is 3.34. The summed E-state index contributed by atoms with van der Waals surface area (Å²) in [6.45, 7) is 4.68. The van der Waals surface area contributed by atoms with E-state index in [9.17, 15) is 9.90 Å². The average Bonchev–Trinajstić information content (AvgIpc) is 2.79. The van der Waals surface area contributed by atoms with Gasteiger partial charge in [-0.25, -0.2) is 0 Å². The van der Waals surface area contributed by atoms with Gasteiger partial charge in [-0.05, 0) is 79.1 Å². The van der Waals surface area contributed by atoms with E-state index in [1.165, 1.54) is 18.4 Å². The summed E-state index contributed by atoms with van der Waals surface area (Å²) in [5.41, 5.74) is 1.52. The van der Waals surface area contributed by atoms with Crippen LogP contribution in [-0.4, -0.2) is 17.0 Å². The van der Waals surface area contributed by atoms with E-state index in [4.69, 9.17) is 11.6 Å². The number of rotatable bonds is 0. The van der Waals surface area contributed by atoms with Gasteiger partial charge in [0, 0.05) is 6.42 Å². The average molecular weight is 323 g/mol. The van der Waals surface area contributed by atoms with Crippen molar-refractivity contribution in [1.29, 1.82) is 0 Å².